The Morgan fingerprint density at radius 3 is 2.29 bits per heavy atom. The molecule has 2 N–H and O–H groups in total. The van der Waals surface area contributed by atoms with Crippen molar-refractivity contribution in [1.29, 1.82) is 0 Å². The van der Waals surface area contributed by atoms with Crippen LogP contribution in [-0.4, -0.2) is 50.9 Å². The van der Waals surface area contributed by atoms with Crippen LogP contribution in [0, 0.1) is 0 Å². The molecule has 2 amide bonds. The molecule has 0 rings (SSSR count). The molecule has 0 aromatic heterocycles. The van der Waals surface area contributed by atoms with E-state index >= 15 is 0 Å². The van der Waals surface area contributed by atoms with E-state index in [2.05, 4.69) is 10.6 Å². The lowest BCUT2D eigenvalue weighted by Crippen LogP contribution is -2.37. The number of nitrogens with zero attached hydrogens (tertiary/aromatic N) is 1. The zero-order valence-electron chi connectivity index (χ0n) is 8.79. The van der Waals surface area contributed by atoms with Crippen LogP contribution >= 0.6 is 12.4 Å². The fraction of sp³-hybridized carbons (Fsp3) is 0.750. The van der Waals surface area contributed by atoms with Crippen molar-refractivity contribution in [2.75, 3.05) is 34.2 Å². The fourth-order valence-electron chi connectivity index (χ4n) is 0.805. The highest BCUT2D eigenvalue weighted by atomic mass is 35.5. The normalized spacial score (nSPS) is 8.79. The Bertz CT molecular complexity index is 187. The number of carbonyl (C=O) groups is 2. The predicted molar refractivity (Wildman–Crippen MR) is 57.5 cm³/mol. The molecular formula is C8H18ClN3O2. The van der Waals surface area contributed by atoms with Crippen LogP contribution < -0.4 is 10.6 Å². The summed E-state index contributed by atoms with van der Waals surface area (Å²) in [6.07, 6.45) is 0.421. The van der Waals surface area contributed by atoms with E-state index in [9.17, 15) is 9.59 Å². The first-order chi connectivity index (χ1) is 6.11. The first-order valence-electron chi connectivity index (χ1n) is 4.21. The number of rotatable bonds is 5. The van der Waals surface area contributed by atoms with Crippen molar-refractivity contribution in [2.24, 2.45) is 0 Å². The van der Waals surface area contributed by atoms with E-state index < -0.39 is 0 Å². The molecule has 0 saturated carbocycles. The van der Waals surface area contributed by atoms with Crippen molar-refractivity contribution < 1.29 is 9.59 Å². The molecule has 0 bridgehead atoms. The molecule has 0 aromatic carbocycles. The van der Waals surface area contributed by atoms with Crippen LogP contribution in [0.3, 0.4) is 0 Å². The van der Waals surface area contributed by atoms with Crippen molar-refractivity contribution in [3.05, 3.63) is 0 Å². The van der Waals surface area contributed by atoms with E-state index in [1.807, 2.05) is 0 Å². The molecule has 0 aliphatic heterocycles. The summed E-state index contributed by atoms with van der Waals surface area (Å²) in [5.74, 6) is -0.182. The minimum atomic E-state index is -0.152. The number of nitrogens with one attached hydrogen (secondary N) is 2. The van der Waals surface area contributed by atoms with Crippen LogP contribution in [0.4, 0.5) is 0 Å². The molecule has 0 radical (unpaired) electrons. The zero-order chi connectivity index (χ0) is 10.3. The maximum Gasteiger partial charge on any atom is 0.239 e. The van der Waals surface area contributed by atoms with Gasteiger partial charge in [0.2, 0.25) is 11.8 Å². The predicted octanol–water partition coefficient (Wildman–Crippen LogP) is -0.778. The monoisotopic (exact) mass is 223 g/mol. The summed E-state index contributed by atoms with van der Waals surface area (Å²) < 4.78 is 0. The summed E-state index contributed by atoms with van der Waals surface area (Å²) in [7, 11) is 4.95. The lowest BCUT2D eigenvalue weighted by Gasteiger charge is -2.15. The summed E-state index contributed by atoms with van der Waals surface area (Å²) >= 11 is 0. The van der Waals surface area contributed by atoms with Gasteiger partial charge in [0.1, 0.15) is 0 Å². The third-order valence-electron chi connectivity index (χ3n) is 1.67. The molecule has 0 atom stereocenters. The smallest absolute Gasteiger partial charge is 0.239 e. The fourth-order valence-corrected chi connectivity index (χ4v) is 0.805. The van der Waals surface area contributed by atoms with Gasteiger partial charge in [-0.05, 0) is 7.05 Å². The van der Waals surface area contributed by atoms with Crippen LogP contribution in [0.5, 0.6) is 0 Å². The van der Waals surface area contributed by atoms with Crippen molar-refractivity contribution in [1.82, 2.24) is 15.5 Å². The standard InChI is InChI=1S/C8H17N3O2.ClH/c1-9-5-4-8(13)11(3)6-7(12)10-2;/h9H,4-6H2,1-3H3,(H,10,12);1H. The third-order valence-corrected chi connectivity index (χ3v) is 1.67. The number of carbonyl (C=O) groups excluding carboxylic acids is 2. The molecule has 0 aromatic rings. The Labute approximate surface area is 90.6 Å². The topological polar surface area (TPSA) is 61.4 Å². The number of amides is 2. The molecule has 0 fully saturated rings. The quantitative estimate of drug-likeness (QED) is 0.643. The average Bonchev–Trinajstić information content (AvgIpc) is 2.13. The summed E-state index contributed by atoms with van der Waals surface area (Å²) in [6.45, 7) is 0.760. The first kappa shape index (κ1) is 15.7. The molecule has 0 aliphatic carbocycles. The van der Waals surface area contributed by atoms with Crippen molar-refractivity contribution in [3.63, 3.8) is 0 Å². The summed E-state index contributed by atoms with van der Waals surface area (Å²) in [6, 6.07) is 0. The molecule has 0 saturated heterocycles. The Balaban J connectivity index is 0. The van der Waals surface area contributed by atoms with E-state index in [-0.39, 0.29) is 30.8 Å². The molecule has 0 aliphatic rings. The van der Waals surface area contributed by atoms with Gasteiger partial charge in [-0.2, -0.15) is 0 Å². The largest absolute Gasteiger partial charge is 0.358 e. The van der Waals surface area contributed by atoms with Gasteiger partial charge in [0, 0.05) is 27.1 Å². The second kappa shape index (κ2) is 8.77. The van der Waals surface area contributed by atoms with Crippen LogP contribution in [-0.2, 0) is 9.59 Å². The van der Waals surface area contributed by atoms with Crippen LogP contribution in [0.2, 0.25) is 0 Å². The highest BCUT2D eigenvalue weighted by Gasteiger charge is 2.10. The lowest BCUT2D eigenvalue weighted by molar-refractivity contribution is -0.134. The highest BCUT2D eigenvalue weighted by Crippen LogP contribution is 1.88. The Morgan fingerprint density at radius 2 is 1.86 bits per heavy atom. The van der Waals surface area contributed by atoms with E-state index in [1.165, 1.54) is 4.90 Å². The van der Waals surface area contributed by atoms with Crippen molar-refractivity contribution in [3.8, 4) is 0 Å². The molecule has 0 spiro atoms. The third kappa shape index (κ3) is 6.68. The van der Waals surface area contributed by atoms with Gasteiger partial charge in [-0.1, -0.05) is 0 Å². The van der Waals surface area contributed by atoms with Crippen LogP contribution in [0.15, 0.2) is 0 Å². The average molecular weight is 224 g/mol. The van der Waals surface area contributed by atoms with E-state index in [0.29, 0.717) is 13.0 Å². The maximum atomic E-state index is 11.3. The molecule has 0 unspecified atom stereocenters. The van der Waals surface area contributed by atoms with Gasteiger partial charge < -0.3 is 15.5 Å². The number of hydrogen-bond acceptors (Lipinski definition) is 3. The van der Waals surface area contributed by atoms with Gasteiger partial charge >= 0.3 is 0 Å². The van der Waals surface area contributed by atoms with Gasteiger partial charge in [0.25, 0.3) is 0 Å². The second-order valence-corrected chi connectivity index (χ2v) is 2.78. The van der Waals surface area contributed by atoms with Gasteiger partial charge in [-0.25, -0.2) is 0 Å². The Hall–Kier alpha value is -0.810. The molecule has 6 heteroatoms. The molecular weight excluding hydrogens is 206 g/mol. The second-order valence-electron chi connectivity index (χ2n) is 2.78. The maximum absolute atomic E-state index is 11.3. The first-order valence-corrected chi connectivity index (χ1v) is 4.21. The minimum Gasteiger partial charge on any atom is -0.358 e. The van der Waals surface area contributed by atoms with Crippen molar-refractivity contribution in [2.45, 2.75) is 6.42 Å². The molecule has 14 heavy (non-hydrogen) atoms. The van der Waals surface area contributed by atoms with E-state index in [4.69, 9.17) is 0 Å². The van der Waals surface area contributed by atoms with E-state index in [0.717, 1.165) is 0 Å². The van der Waals surface area contributed by atoms with Crippen LogP contribution in [0.1, 0.15) is 6.42 Å². The lowest BCUT2D eigenvalue weighted by atomic mass is 10.3. The SMILES string of the molecule is CNCCC(=O)N(C)CC(=O)NC.Cl. The molecule has 84 valence electrons. The van der Waals surface area contributed by atoms with Crippen LogP contribution in [0.25, 0.3) is 0 Å². The summed E-state index contributed by atoms with van der Waals surface area (Å²) in [4.78, 5) is 23.6. The van der Waals surface area contributed by atoms with Gasteiger partial charge in [-0.3, -0.25) is 9.59 Å². The van der Waals surface area contributed by atoms with Gasteiger partial charge in [-0.15, -0.1) is 12.4 Å². The molecule has 0 heterocycles. The number of hydrogen-bond donors (Lipinski definition) is 2. The Morgan fingerprint density at radius 1 is 1.29 bits per heavy atom. The van der Waals surface area contributed by atoms with E-state index in [1.54, 1.807) is 21.1 Å². The summed E-state index contributed by atoms with van der Waals surface area (Å²) in [5.41, 5.74) is 0. The highest BCUT2D eigenvalue weighted by molar-refractivity contribution is 5.85. The van der Waals surface area contributed by atoms with Crippen molar-refractivity contribution >= 4 is 24.2 Å². The number of likely N-dealkylation sites (N-methyl/N-ethyl adjacent to an activating group) is 2. The van der Waals surface area contributed by atoms with Gasteiger partial charge in [0.15, 0.2) is 0 Å². The molecule has 5 nitrogen and oxygen atoms in total. The van der Waals surface area contributed by atoms with Gasteiger partial charge in [0.05, 0.1) is 6.54 Å². The summed E-state index contributed by atoms with van der Waals surface area (Å²) in [5, 5.41) is 5.33. The minimum absolute atomic E-state index is 0. The number of halogens is 1. The zero-order valence-corrected chi connectivity index (χ0v) is 9.61. The Kier molecular flexibility index (Phi) is 9.81.